The summed E-state index contributed by atoms with van der Waals surface area (Å²) in [5.74, 6) is 0.940. The number of aromatic nitrogens is 1. The van der Waals surface area contributed by atoms with Gasteiger partial charge in [-0.25, -0.2) is 4.98 Å². The highest BCUT2D eigenvalue weighted by atomic mass is 79.9. The first-order valence-electron chi connectivity index (χ1n) is 5.56. The first kappa shape index (κ1) is 12.6. The zero-order chi connectivity index (χ0) is 12.3. The summed E-state index contributed by atoms with van der Waals surface area (Å²) < 4.78 is 1.05. The molecule has 0 amide bonds. The number of rotatable bonds is 4. The lowest BCUT2D eigenvalue weighted by Crippen LogP contribution is -2.18. The van der Waals surface area contributed by atoms with Gasteiger partial charge in [0.15, 0.2) is 0 Å². The maximum atomic E-state index is 4.35. The molecule has 0 bridgehead atoms. The van der Waals surface area contributed by atoms with E-state index in [1.165, 1.54) is 10.4 Å². The topological polar surface area (TPSA) is 24.9 Å². The largest absolute Gasteiger partial charge is 0.367 e. The fourth-order valence-electron chi connectivity index (χ4n) is 1.65. The van der Waals surface area contributed by atoms with E-state index in [4.69, 9.17) is 0 Å². The van der Waals surface area contributed by atoms with Crippen LogP contribution >= 0.6 is 27.3 Å². The summed E-state index contributed by atoms with van der Waals surface area (Å²) in [6.45, 7) is 4.25. The minimum atomic E-state index is 0.390. The molecule has 0 spiro atoms. The second-order valence-corrected chi connectivity index (χ2v) is 6.03. The van der Waals surface area contributed by atoms with Gasteiger partial charge in [-0.1, -0.05) is 6.07 Å². The van der Waals surface area contributed by atoms with Crippen LogP contribution in [0.1, 0.15) is 17.4 Å². The van der Waals surface area contributed by atoms with Crippen LogP contribution in [0.3, 0.4) is 0 Å². The Morgan fingerprint density at radius 2 is 2.35 bits per heavy atom. The molecular formula is C13H15BrN2S. The average molecular weight is 311 g/mol. The molecule has 0 saturated carbocycles. The summed E-state index contributed by atoms with van der Waals surface area (Å²) in [4.78, 5) is 5.76. The van der Waals surface area contributed by atoms with Crippen LogP contribution in [0.5, 0.6) is 0 Å². The van der Waals surface area contributed by atoms with E-state index in [1.54, 1.807) is 11.3 Å². The van der Waals surface area contributed by atoms with E-state index >= 15 is 0 Å². The van der Waals surface area contributed by atoms with Gasteiger partial charge in [0.05, 0.1) is 0 Å². The third-order valence-corrected chi connectivity index (χ3v) is 4.26. The minimum absolute atomic E-state index is 0.390. The van der Waals surface area contributed by atoms with Crippen molar-refractivity contribution in [1.82, 2.24) is 4.98 Å². The number of halogens is 1. The van der Waals surface area contributed by atoms with Crippen molar-refractivity contribution in [3.63, 3.8) is 0 Å². The van der Waals surface area contributed by atoms with Gasteiger partial charge in [0.2, 0.25) is 0 Å². The molecule has 0 saturated heterocycles. The summed E-state index contributed by atoms with van der Waals surface area (Å²) in [6.07, 6.45) is 2.88. The molecule has 0 radical (unpaired) electrons. The van der Waals surface area contributed by atoms with E-state index < -0.39 is 0 Å². The zero-order valence-electron chi connectivity index (χ0n) is 9.90. The van der Waals surface area contributed by atoms with Crippen LogP contribution in [0, 0.1) is 6.92 Å². The molecule has 17 heavy (non-hydrogen) atoms. The molecule has 0 aliphatic carbocycles. The highest BCUT2D eigenvalue weighted by molar-refractivity contribution is 9.10. The fraction of sp³-hybridized carbons (Fsp3) is 0.308. The molecule has 2 heterocycles. The Labute approximate surface area is 114 Å². The van der Waals surface area contributed by atoms with Crippen LogP contribution in [-0.4, -0.2) is 11.0 Å². The average Bonchev–Trinajstić information content (AvgIpc) is 2.76. The van der Waals surface area contributed by atoms with Crippen LogP contribution in [0.25, 0.3) is 0 Å². The number of hydrogen-bond donors (Lipinski definition) is 1. The van der Waals surface area contributed by atoms with Gasteiger partial charge in [-0.05, 0) is 52.9 Å². The Hall–Kier alpha value is -0.870. The number of nitrogens with one attached hydrogen (secondary N) is 1. The predicted octanol–water partition coefficient (Wildman–Crippen LogP) is 4.26. The molecule has 1 atom stereocenters. The maximum absolute atomic E-state index is 4.35. The second kappa shape index (κ2) is 5.65. The van der Waals surface area contributed by atoms with Crippen molar-refractivity contribution in [2.75, 3.05) is 5.32 Å². The van der Waals surface area contributed by atoms with Crippen LogP contribution in [0.2, 0.25) is 0 Å². The standard InChI is InChI=1S/C13H15BrN2S/c1-9-6-13(15-8-12(9)14)16-10(2)7-11-4-3-5-17-11/h3-6,8,10H,7H2,1-2H3,(H,15,16). The van der Waals surface area contributed by atoms with E-state index in [9.17, 15) is 0 Å². The minimum Gasteiger partial charge on any atom is -0.367 e. The first-order valence-corrected chi connectivity index (χ1v) is 7.23. The van der Waals surface area contributed by atoms with E-state index in [1.807, 2.05) is 6.20 Å². The summed E-state index contributed by atoms with van der Waals surface area (Å²) in [6, 6.07) is 6.72. The Kier molecular flexibility index (Phi) is 4.18. The number of aryl methyl sites for hydroxylation is 1. The van der Waals surface area contributed by atoms with Gasteiger partial charge in [-0.2, -0.15) is 0 Å². The molecule has 90 valence electrons. The summed E-state index contributed by atoms with van der Waals surface area (Å²) in [5, 5.41) is 5.54. The van der Waals surface area contributed by atoms with E-state index in [2.05, 4.69) is 63.7 Å². The Morgan fingerprint density at radius 1 is 1.53 bits per heavy atom. The molecule has 2 rings (SSSR count). The van der Waals surface area contributed by atoms with Gasteiger partial charge in [0.25, 0.3) is 0 Å². The Bertz CT molecular complexity index is 482. The Morgan fingerprint density at radius 3 is 3.00 bits per heavy atom. The molecule has 2 aromatic rings. The van der Waals surface area contributed by atoms with Crippen LogP contribution in [0.15, 0.2) is 34.2 Å². The second-order valence-electron chi connectivity index (χ2n) is 4.15. The van der Waals surface area contributed by atoms with Crippen molar-refractivity contribution in [3.8, 4) is 0 Å². The van der Waals surface area contributed by atoms with Crippen molar-refractivity contribution in [1.29, 1.82) is 0 Å². The van der Waals surface area contributed by atoms with Crippen molar-refractivity contribution in [3.05, 3.63) is 44.7 Å². The highest BCUT2D eigenvalue weighted by Crippen LogP contribution is 2.19. The summed E-state index contributed by atoms with van der Waals surface area (Å²) in [7, 11) is 0. The monoisotopic (exact) mass is 310 g/mol. The molecule has 0 fully saturated rings. The summed E-state index contributed by atoms with van der Waals surface area (Å²) >= 11 is 5.26. The zero-order valence-corrected chi connectivity index (χ0v) is 12.3. The van der Waals surface area contributed by atoms with E-state index in [0.717, 1.165) is 16.7 Å². The quantitative estimate of drug-likeness (QED) is 0.912. The molecule has 0 aliphatic heterocycles. The molecule has 2 aromatic heterocycles. The SMILES string of the molecule is Cc1cc(NC(C)Cc2cccs2)ncc1Br. The normalized spacial score (nSPS) is 12.4. The van der Waals surface area contributed by atoms with Gasteiger partial charge in [0.1, 0.15) is 5.82 Å². The molecule has 2 nitrogen and oxygen atoms in total. The lowest BCUT2D eigenvalue weighted by atomic mass is 10.2. The van der Waals surface area contributed by atoms with Crippen molar-refractivity contribution < 1.29 is 0 Å². The van der Waals surface area contributed by atoms with Crippen molar-refractivity contribution in [2.24, 2.45) is 0 Å². The van der Waals surface area contributed by atoms with Crippen LogP contribution in [-0.2, 0) is 6.42 Å². The van der Waals surface area contributed by atoms with Crippen molar-refractivity contribution >= 4 is 33.1 Å². The van der Waals surface area contributed by atoms with Gasteiger partial charge < -0.3 is 5.32 Å². The predicted molar refractivity (Wildman–Crippen MR) is 77.8 cm³/mol. The molecular weight excluding hydrogens is 296 g/mol. The third kappa shape index (κ3) is 3.54. The number of hydrogen-bond acceptors (Lipinski definition) is 3. The van der Waals surface area contributed by atoms with Gasteiger partial charge in [-0.15, -0.1) is 11.3 Å². The third-order valence-electron chi connectivity index (χ3n) is 2.53. The number of pyridine rings is 1. The lowest BCUT2D eigenvalue weighted by molar-refractivity contribution is 0.794. The highest BCUT2D eigenvalue weighted by Gasteiger charge is 2.06. The van der Waals surface area contributed by atoms with Gasteiger partial charge in [0, 0.05) is 28.0 Å². The molecule has 0 aromatic carbocycles. The number of thiophene rings is 1. The lowest BCUT2D eigenvalue weighted by Gasteiger charge is -2.14. The fourth-order valence-corrected chi connectivity index (χ4v) is 2.70. The van der Waals surface area contributed by atoms with Gasteiger partial charge >= 0.3 is 0 Å². The number of anilines is 1. The molecule has 0 aliphatic rings. The smallest absolute Gasteiger partial charge is 0.126 e. The molecule has 1 N–H and O–H groups in total. The summed E-state index contributed by atoms with van der Waals surface area (Å²) in [5.41, 5.74) is 1.20. The van der Waals surface area contributed by atoms with E-state index in [-0.39, 0.29) is 0 Å². The molecule has 1 unspecified atom stereocenters. The van der Waals surface area contributed by atoms with Crippen molar-refractivity contribution in [2.45, 2.75) is 26.3 Å². The van der Waals surface area contributed by atoms with Crippen LogP contribution < -0.4 is 5.32 Å². The molecule has 4 heteroatoms. The maximum Gasteiger partial charge on any atom is 0.126 e. The van der Waals surface area contributed by atoms with Gasteiger partial charge in [-0.3, -0.25) is 0 Å². The Balaban J connectivity index is 1.98. The first-order chi connectivity index (χ1) is 8.15. The van der Waals surface area contributed by atoms with Crippen LogP contribution in [0.4, 0.5) is 5.82 Å². The number of nitrogens with zero attached hydrogens (tertiary/aromatic N) is 1. The van der Waals surface area contributed by atoms with E-state index in [0.29, 0.717) is 6.04 Å².